The average molecular weight is 270 g/mol. The van der Waals surface area contributed by atoms with Gasteiger partial charge in [0.15, 0.2) is 5.76 Å². The van der Waals surface area contributed by atoms with Crippen molar-refractivity contribution < 1.29 is 9.05 Å². The highest BCUT2D eigenvalue weighted by atomic mass is 16.5. The summed E-state index contributed by atoms with van der Waals surface area (Å²) in [6.45, 7) is 1.68. The van der Waals surface area contributed by atoms with Gasteiger partial charge >= 0.3 is 0 Å². The Morgan fingerprint density at radius 2 is 2.20 bits per heavy atom. The van der Waals surface area contributed by atoms with E-state index in [2.05, 4.69) is 20.3 Å². The molecule has 0 fully saturated rings. The zero-order valence-corrected chi connectivity index (χ0v) is 10.9. The molecule has 0 spiro atoms. The van der Waals surface area contributed by atoms with Gasteiger partial charge in [0.1, 0.15) is 23.0 Å². The van der Waals surface area contributed by atoms with E-state index in [1.807, 2.05) is 13.1 Å². The number of nitrogens with zero attached hydrogens (tertiary/aromatic N) is 6. The van der Waals surface area contributed by atoms with Crippen LogP contribution in [0.5, 0.6) is 0 Å². The first-order valence-electron chi connectivity index (χ1n) is 5.83. The van der Waals surface area contributed by atoms with E-state index in [1.165, 1.54) is 0 Å². The molecule has 3 aromatic rings. The molecule has 100 valence electrons. The van der Waals surface area contributed by atoms with Gasteiger partial charge in [-0.3, -0.25) is 0 Å². The molecule has 0 unspecified atom stereocenters. The number of rotatable bonds is 3. The van der Waals surface area contributed by atoms with Crippen LogP contribution in [0.2, 0.25) is 0 Å². The van der Waals surface area contributed by atoms with Crippen LogP contribution in [0.15, 0.2) is 21.6 Å². The second-order valence-electron chi connectivity index (χ2n) is 4.25. The van der Waals surface area contributed by atoms with Crippen LogP contribution in [-0.4, -0.2) is 24.8 Å². The molecular weight excluding hydrogens is 260 g/mol. The first-order chi connectivity index (χ1) is 9.69. The first-order valence-corrected chi connectivity index (χ1v) is 5.83. The largest absolute Gasteiger partial charge is 0.360 e. The minimum absolute atomic E-state index is 0.255. The van der Waals surface area contributed by atoms with Crippen LogP contribution in [0.3, 0.4) is 0 Å². The average Bonchev–Trinajstić information content (AvgIpc) is 3.11. The van der Waals surface area contributed by atoms with Crippen molar-refractivity contribution in [3.63, 3.8) is 0 Å². The van der Waals surface area contributed by atoms with E-state index in [0.29, 0.717) is 28.7 Å². The topological polar surface area (TPSA) is 107 Å². The highest BCUT2D eigenvalue weighted by Crippen LogP contribution is 2.18. The minimum atomic E-state index is 0.255. The molecule has 0 aliphatic heterocycles. The maximum Gasteiger partial charge on any atom is 0.233 e. The van der Waals surface area contributed by atoms with Crippen molar-refractivity contribution >= 4 is 0 Å². The Morgan fingerprint density at radius 1 is 1.35 bits per heavy atom. The van der Waals surface area contributed by atoms with Gasteiger partial charge < -0.3 is 13.6 Å². The number of hydrogen-bond acceptors (Lipinski definition) is 7. The second kappa shape index (κ2) is 4.62. The molecule has 20 heavy (non-hydrogen) atoms. The quantitative estimate of drug-likeness (QED) is 0.704. The summed E-state index contributed by atoms with van der Waals surface area (Å²) in [6.07, 6.45) is 3.56. The second-order valence-corrected chi connectivity index (χ2v) is 4.25. The van der Waals surface area contributed by atoms with Crippen LogP contribution < -0.4 is 0 Å². The van der Waals surface area contributed by atoms with Crippen LogP contribution in [0.4, 0.5) is 0 Å². The van der Waals surface area contributed by atoms with Crippen molar-refractivity contribution in [2.24, 2.45) is 7.05 Å². The van der Waals surface area contributed by atoms with Gasteiger partial charge in [-0.2, -0.15) is 10.2 Å². The SMILES string of the molecule is Cc1onc(Cc2nc(-c3cncn3C)no2)c1C#N. The van der Waals surface area contributed by atoms with Gasteiger partial charge in [0.05, 0.1) is 18.9 Å². The summed E-state index contributed by atoms with van der Waals surface area (Å²) in [6, 6.07) is 2.05. The third-order valence-electron chi connectivity index (χ3n) is 2.88. The monoisotopic (exact) mass is 270 g/mol. The molecule has 3 heterocycles. The maximum absolute atomic E-state index is 9.03. The fourth-order valence-electron chi connectivity index (χ4n) is 1.83. The molecule has 0 atom stereocenters. The van der Waals surface area contributed by atoms with Crippen LogP contribution in [-0.2, 0) is 13.5 Å². The zero-order valence-electron chi connectivity index (χ0n) is 10.9. The summed E-state index contributed by atoms with van der Waals surface area (Å²) >= 11 is 0. The molecule has 8 nitrogen and oxygen atoms in total. The smallest absolute Gasteiger partial charge is 0.233 e. The number of aryl methyl sites for hydroxylation is 2. The van der Waals surface area contributed by atoms with Gasteiger partial charge in [-0.1, -0.05) is 10.3 Å². The van der Waals surface area contributed by atoms with E-state index in [1.54, 1.807) is 24.0 Å². The molecule has 0 radical (unpaired) electrons. The van der Waals surface area contributed by atoms with Crippen molar-refractivity contribution in [1.82, 2.24) is 24.8 Å². The van der Waals surface area contributed by atoms with E-state index in [-0.39, 0.29) is 6.42 Å². The van der Waals surface area contributed by atoms with E-state index in [9.17, 15) is 0 Å². The molecule has 3 rings (SSSR count). The maximum atomic E-state index is 9.03. The molecule has 0 aromatic carbocycles. The Kier molecular flexibility index (Phi) is 2.80. The standard InChI is InChI=1S/C12H10N6O2/c1-7-8(4-13)9(16-19-7)3-11-15-12(17-20-11)10-5-14-6-18(10)2/h5-6H,3H2,1-2H3. The highest BCUT2D eigenvalue weighted by Gasteiger charge is 2.17. The molecule has 8 heteroatoms. The van der Waals surface area contributed by atoms with Crippen LogP contribution >= 0.6 is 0 Å². The third-order valence-corrected chi connectivity index (χ3v) is 2.88. The Bertz CT molecular complexity index is 791. The van der Waals surface area contributed by atoms with Crippen molar-refractivity contribution in [2.75, 3.05) is 0 Å². The fourth-order valence-corrected chi connectivity index (χ4v) is 1.83. The summed E-state index contributed by atoms with van der Waals surface area (Å²) in [7, 11) is 1.84. The highest BCUT2D eigenvalue weighted by molar-refractivity contribution is 5.47. The van der Waals surface area contributed by atoms with Crippen LogP contribution in [0, 0.1) is 18.3 Å². The lowest BCUT2D eigenvalue weighted by atomic mass is 10.2. The summed E-state index contributed by atoms with van der Waals surface area (Å²) in [5.74, 6) is 1.29. The van der Waals surface area contributed by atoms with E-state index < -0.39 is 0 Å². The fraction of sp³-hybridized carbons (Fsp3) is 0.250. The summed E-state index contributed by atoms with van der Waals surface area (Å²) in [5.41, 5.74) is 1.65. The molecule has 0 aliphatic carbocycles. The molecule has 3 aromatic heterocycles. The molecule has 0 aliphatic rings. The predicted molar refractivity (Wildman–Crippen MR) is 65.3 cm³/mol. The van der Waals surface area contributed by atoms with Gasteiger partial charge in [-0.25, -0.2) is 4.98 Å². The summed E-state index contributed by atoms with van der Waals surface area (Å²) < 4.78 is 11.9. The predicted octanol–water partition coefficient (Wildman–Crippen LogP) is 1.23. The number of aromatic nitrogens is 5. The van der Waals surface area contributed by atoms with Crippen LogP contribution in [0.25, 0.3) is 11.5 Å². The number of hydrogen-bond donors (Lipinski definition) is 0. The van der Waals surface area contributed by atoms with E-state index >= 15 is 0 Å². The normalized spacial score (nSPS) is 10.7. The Morgan fingerprint density at radius 3 is 2.90 bits per heavy atom. The summed E-state index contributed by atoms with van der Waals surface area (Å²) in [4.78, 5) is 8.26. The van der Waals surface area contributed by atoms with Crippen molar-refractivity contribution in [3.8, 4) is 17.6 Å². The van der Waals surface area contributed by atoms with Gasteiger partial charge in [0.25, 0.3) is 0 Å². The van der Waals surface area contributed by atoms with Gasteiger partial charge in [-0.15, -0.1) is 0 Å². The summed E-state index contributed by atoms with van der Waals surface area (Å²) in [5, 5.41) is 16.7. The number of imidazole rings is 1. The zero-order chi connectivity index (χ0) is 14.1. The lowest BCUT2D eigenvalue weighted by molar-refractivity contribution is 0.371. The third kappa shape index (κ3) is 1.95. The van der Waals surface area contributed by atoms with Crippen molar-refractivity contribution in [2.45, 2.75) is 13.3 Å². The van der Waals surface area contributed by atoms with Gasteiger partial charge in [0.2, 0.25) is 11.7 Å². The Labute approximate surface area is 113 Å². The molecule has 0 bridgehead atoms. The first kappa shape index (κ1) is 12.1. The lowest BCUT2D eigenvalue weighted by Gasteiger charge is -1.93. The number of nitriles is 1. The Hall–Kier alpha value is -2.95. The Balaban J connectivity index is 1.88. The van der Waals surface area contributed by atoms with Crippen molar-refractivity contribution in [1.29, 1.82) is 5.26 Å². The minimum Gasteiger partial charge on any atom is -0.360 e. The molecule has 0 saturated carbocycles. The van der Waals surface area contributed by atoms with E-state index in [4.69, 9.17) is 14.3 Å². The molecule has 0 amide bonds. The van der Waals surface area contributed by atoms with E-state index in [0.717, 1.165) is 5.69 Å². The molecule has 0 saturated heterocycles. The van der Waals surface area contributed by atoms with Gasteiger partial charge in [0, 0.05) is 7.05 Å². The lowest BCUT2D eigenvalue weighted by Crippen LogP contribution is -1.93. The van der Waals surface area contributed by atoms with Crippen molar-refractivity contribution in [3.05, 3.63) is 35.4 Å². The van der Waals surface area contributed by atoms with Gasteiger partial charge in [-0.05, 0) is 6.92 Å². The van der Waals surface area contributed by atoms with Crippen LogP contribution in [0.1, 0.15) is 22.9 Å². The molecular formula is C12H10N6O2. The molecule has 0 N–H and O–H groups in total.